The van der Waals surface area contributed by atoms with Crippen molar-refractivity contribution in [3.05, 3.63) is 34.3 Å². The summed E-state index contributed by atoms with van der Waals surface area (Å²) in [4.78, 5) is 0. The topological polar surface area (TPSA) is 26.0 Å². The Labute approximate surface area is 75.4 Å². The summed E-state index contributed by atoms with van der Waals surface area (Å²) < 4.78 is 0. The molecule has 0 amide bonds. The van der Waals surface area contributed by atoms with E-state index >= 15 is 0 Å². The number of hydrogen-bond donors (Lipinski definition) is 1. The molecule has 0 heterocycles. The number of halogens is 2. The molecule has 0 atom stereocenters. The Bertz CT molecular complexity index is 294. The normalized spacial score (nSPS) is 9.64. The Morgan fingerprint density at radius 2 is 2.00 bits per heavy atom. The molecule has 0 fully saturated rings. The monoisotopic (exact) mass is 187 g/mol. The van der Waals surface area contributed by atoms with Crippen molar-refractivity contribution in [2.75, 3.05) is 5.73 Å². The lowest BCUT2D eigenvalue weighted by atomic mass is 10.2. The Balaban J connectivity index is 3.36. The first-order chi connectivity index (χ1) is 5.16. The van der Waals surface area contributed by atoms with E-state index in [4.69, 9.17) is 28.9 Å². The fourth-order valence-electron chi connectivity index (χ4n) is 0.744. The van der Waals surface area contributed by atoms with Gasteiger partial charge in [-0.05, 0) is 11.6 Å². The molecular weight excluding hydrogens is 181 g/mol. The molecule has 2 N–H and O–H groups in total. The SMILES string of the molecule is C=Cc1ccc(Cl)c(N)c1Cl. The minimum atomic E-state index is 0.408. The maximum absolute atomic E-state index is 5.82. The summed E-state index contributed by atoms with van der Waals surface area (Å²) in [6, 6.07) is 3.47. The summed E-state index contributed by atoms with van der Waals surface area (Å²) in [5, 5.41) is 0.938. The second-order valence-corrected chi connectivity index (χ2v) is 2.85. The molecule has 1 aromatic carbocycles. The molecular formula is C8H7Cl2N. The first-order valence-electron chi connectivity index (χ1n) is 3.02. The van der Waals surface area contributed by atoms with Gasteiger partial charge >= 0.3 is 0 Å². The molecule has 58 valence electrons. The molecule has 0 aliphatic heterocycles. The molecule has 3 heteroatoms. The van der Waals surface area contributed by atoms with Gasteiger partial charge in [-0.15, -0.1) is 0 Å². The van der Waals surface area contributed by atoms with Crippen LogP contribution in [0.15, 0.2) is 18.7 Å². The summed E-state index contributed by atoms with van der Waals surface area (Å²) >= 11 is 11.5. The third kappa shape index (κ3) is 1.50. The van der Waals surface area contributed by atoms with E-state index in [0.29, 0.717) is 15.7 Å². The number of nitrogens with two attached hydrogens (primary N) is 1. The van der Waals surface area contributed by atoms with Gasteiger partial charge in [0.1, 0.15) is 0 Å². The van der Waals surface area contributed by atoms with Gasteiger partial charge in [-0.2, -0.15) is 0 Å². The molecule has 0 spiro atoms. The van der Waals surface area contributed by atoms with E-state index in [9.17, 15) is 0 Å². The molecule has 0 unspecified atom stereocenters. The standard InChI is InChI=1S/C8H7Cl2N/c1-2-5-3-4-6(9)8(11)7(5)10/h2-4H,1,11H2. The van der Waals surface area contributed by atoms with Crippen molar-refractivity contribution in [2.24, 2.45) is 0 Å². The molecule has 0 radical (unpaired) electrons. The predicted octanol–water partition coefficient (Wildman–Crippen LogP) is 3.22. The van der Waals surface area contributed by atoms with E-state index in [2.05, 4.69) is 6.58 Å². The van der Waals surface area contributed by atoms with Gasteiger partial charge < -0.3 is 5.73 Å². The maximum Gasteiger partial charge on any atom is 0.0722 e. The van der Waals surface area contributed by atoms with Crippen LogP contribution < -0.4 is 5.73 Å². The lowest BCUT2D eigenvalue weighted by molar-refractivity contribution is 1.64. The van der Waals surface area contributed by atoms with Gasteiger partial charge in [0.2, 0.25) is 0 Å². The Kier molecular flexibility index (Phi) is 2.42. The van der Waals surface area contributed by atoms with Crippen molar-refractivity contribution < 1.29 is 0 Å². The van der Waals surface area contributed by atoms with E-state index in [1.807, 2.05) is 0 Å². The van der Waals surface area contributed by atoms with E-state index in [-0.39, 0.29) is 0 Å². The highest BCUT2D eigenvalue weighted by Gasteiger charge is 2.03. The summed E-state index contributed by atoms with van der Waals surface area (Å²) in [6.07, 6.45) is 1.63. The third-order valence-corrected chi connectivity index (χ3v) is 2.13. The number of hydrogen-bond acceptors (Lipinski definition) is 1. The van der Waals surface area contributed by atoms with Crippen LogP contribution >= 0.6 is 23.2 Å². The van der Waals surface area contributed by atoms with Crippen molar-refractivity contribution in [3.8, 4) is 0 Å². The number of rotatable bonds is 1. The summed E-state index contributed by atoms with van der Waals surface area (Å²) in [7, 11) is 0. The lowest BCUT2D eigenvalue weighted by Crippen LogP contribution is -1.89. The average molecular weight is 188 g/mol. The van der Waals surface area contributed by atoms with Gasteiger partial charge in [0, 0.05) is 0 Å². The molecule has 0 aliphatic carbocycles. The minimum Gasteiger partial charge on any atom is -0.396 e. The van der Waals surface area contributed by atoms with Gasteiger partial charge in [0.15, 0.2) is 0 Å². The summed E-state index contributed by atoms with van der Waals surface area (Å²) in [5.41, 5.74) is 6.75. The highest BCUT2D eigenvalue weighted by atomic mass is 35.5. The van der Waals surface area contributed by atoms with Crippen LogP contribution in [0.25, 0.3) is 6.08 Å². The van der Waals surface area contributed by atoms with E-state index in [1.165, 1.54) is 0 Å². The summed E-state index contributed by atoms with van der Waals surface area (Å²) in [6.45, 7) is 3.58. The third-order valence-electron chi connectivity index (χ3n) is 1.38. The van der Waals surface area contributed by atoms with E-state index in [0.717, 1.165) is 5.56 Å². The molecule has 1 nitrogen and oxygen atoms in total. The molecule has 0 aliphatic rings. The van der Waals surface area contributed by atoms with Gasteiger partial charge in [0.25, 0.3) is 0 Å². The molecule has 1 aromatic rings. The van der Waals surface area contributed by atoms with Gasteiger partial charge in [-0.1, -0.05) is 41.9 Å². The van der Waals surface area contributed by atoms with Crippen molar-refractivity contribution in [2.45, 2.75) is 0 Å². The van der Waals surface area contributed by atoms with E-state index in [1.54, 1.807) is 18.2 Å². The first kappa shape index (κ1) is 8.44. The highest BCUT2D eigenvalue weighted by Crippen LogP contribution is 2.30. The summed E-state index contributed by atoms with van der Waals surface area (Å²) in [5.74, 6) is 0. The second kappa shape index (κ2) is 3.16. The zero-order valence-corrected chi connectivity index (χ0v) is 7.28. The lowest BCUT2D eigenvalue weighted by Gasteiger charge is -2.03. The molecule has 0 saturated heterocycles. The predicted molar refractivity (Wildman–Crippen MR) is 51.0 cm³/mol. The van der Waals surface area contributed by atoms with Crippen LogP contribution in [0.1, 0.15) is 5.56 Å². The molecule has 0 saturated carbocycles. The molecule has 0 aromatic heterocycles. The van der Waals surface area contributed by atoms with Gasteiger partial charge in [-0.3, -0.25) is 0 Å². The minimum absolute atomic E-state index is 0.408. The average Bonchev–Trinajstić information content (AvgIpc) is 2.01. The smallest absolute Gasteiger partial charge is 0.0722 e. The number of anilines is 1. The van der Waals surface area contributed by atoms with Crippen LogP contribution in [-0.4, -0.2) is 0 Å². The highest BCUT2D eigenvalue weighted by molar-refractivity contribution is 6.39. The van der Waals surface area contributed by atoms with Gasteiger partial charge in [0.05, 0.1) is 15.7 Å². The Hall–Kier alpha value is -0.660. The zero-order chi connectivity index (χ0) is 8.43. The fourth-order valence-corrected chi connectivity index (χ4v) is 1.19. The molecule has 11 heavy (non-hydrogen) atoms. The van der Waals surface area contributed by atoms with Crippen LogP contribution in [0.5, 0.6) is 0 Å². The zero-order valence-electron chi connectivity index (χ0n) is 5.77. The molecule has 1 rings (SSSR count). The van der Waals surface area contributed by atoms with Crippen LogP contribution in [0.2, 0.25) is 10.0 Å². The Morgan fingerprint density at radius 3 is 2.55 bits per heavy atom. The van der Waals surface area contributed by atoms with E-state index < -0.39 is 0 Å². The molecule has 0 bridgehead atoms. The first-order valence-corrected chi connectivity index (χ1v) is 3.78. The maximum atomic E-state index is 5.82. The van der Waals surface area contributed by atoms with Crippen molar-refractivity contribution in [1.82, 2.24) is 0 Å². The van der Waals surface area contributed by atoms with Crippen LogP contribution in [0.4, 0.5) is 5.69 Å². The quantitative estimate of drug-likeness (QED) is 0.672. The van der Waals surface area contributed by atoms with Crippen LogP contribution in [0, 0.1) is 0 Å². The number of nitrogen functional groups attached to an aromatic ring is 1. The largest absolute Gasteiger partial charge is 0.396 e. The van der Waals surface area contributed by atoms with Crippen molar-refractivity contribution >= 4 is 35.0 Å². The van der Waals surface area contributed by atoms with Crippen LogP contribution in [-0.2, 0) is 0 Å². The Morgan fingerprint density at radius 1 is 1.36 bits per heavy atom. The number of benzene rings is 1. The van der Waals surface area contributed by atoms with Gasteiger partial charge in [-0.25, -0.2) is 0 Å². The second-order valence-electron chi connectivity index (χ2n) is 2.07. The fraction of sp³-hybridized carbons (Fsp3) is 0. The van der Waals surface area contributed by atoms with Crippen LogP contribution in [0.3, 0.4) is 0 Å². The van der Waals surface area contributed by atoms with Crippen molar-refractivity contribution in [1.29, 1.82) is 0 Å². The van der Waals surface area contributed by atoms with Crippen molar-refractivity contribution in [3.63, 3.8) is 0 Å².